The van der Waals surface area contributed by atoms with Gasteiger partial charge in [-0.05, 0) is 81.1 Å². The lowest BCUT2D eigenvalue weighted by Gasteiger charge is -2.38. The van der Waals surface area contributed by atoms with E-state index in [0.29, 0.717) is 31.6 Å². The first-order valence-corrected chi connectivity index (χ1v) is 13.6. The normalized spacial score (nSPS) is 21.6. The van der Waals surface area contributed by atoms with Crippen LogP contribution in [0.3, 0.4) is 0 Å². The van der Waals surface area contributed by atoms with Gasteiger partial charge in [0.1, 0.15) is 13.7 Å². The van der Waals surface area contributed by atoms with E-state index in [1.54, 1.807) is 0 Å². The molecule has 37 heavy (non-hydrogen) atoms. The third kappa shape index (κ3) is 7.80. The first-order chi connectivity index (χ1) is 17.9. The number of amides is 1. The van der Waals surface area contributed by atoms with E-state index in [1.807, 2.05) is 24.3 Å². The number of piperidine rings is 1. The van der Waals surface area contributed by atoms with E-state index in [9.17, 15) is 4.79 Å². The summed E-state index contributed by atoms with van der Waals surface area (Å²) in [6.45, 7) is 10.2. The Morgan fingerprint density at radius 3 is 2.32 bits per heavy atom. The van der Waals surface area contributed by atoms with Crippen LogP contribution in [0.1, 0.15) is 41.6 Å². The van der Waals surface area contributed by atoms with Gasteiger partial charge in [0.05, 0.1) is 6.04 Å². The van der Waals surface area contributed by atoms with E-state index in [-0.39, 0.29) is 23.3 Å². The fourth-order valence-electron chi connectivity index (χ4n) is 5.42. The number of nitrogens with one attached hydrogen (secondary N) is 2. The number of rotatable bonds is 7. The molecule has 0 atom stereocenters. The van der Waals surface area contributed by atoms with Crippen molar-refractivity contribution < 1.29 is 9.53 Å². The zero-order chi connectivity index (χ0) is 26.2. The highest BCUT2D eigenvalue weighted by atomic mass is 16.5. The van der Waals surface area contributed by atoms with Gasteiger partial charge < -0.3 is 20.3 Å². The van der Waals surface area contributed by atoms with Crippen LogP contribution in [0.15, 0.2) is 35.9 Å². The Morgan fingerprint density at radius 2 is 1.70 bits per heavy atom. The van der Waals surface area contributed by atoms with Crippen molar-refractivity contribution in [3.8, 4) is 0 Å². The maximum atomic E-state index is 13.0. The highest BCUT2D eigenvalue weighted by Crippen LogP contribution is 2.19. The van der Waals surface area contributed by atoms with Gasteiger partial charge in [-0.3, -0.25) is 25.5 Å². The molecule has 3 aliphatic rings. The summed E-state index contributed by atoms with van der Waals surface area (Å²) in [6, 6.07) is 7.70. The Labute approximate surface area is 222 Å². The molecule has 4 N–H and O–H groups in total. The summed E-state index contributed by atoms with van der Waals surface area (Å²) in [5.74, 6) is 0.569. The summed E-state index contributed by atoms with van der Waals surface area (Å²) in [5, 5.41) is 9.93. The first kappa shape index (κ1) is 27.6. The summed E-state index contributed by atoms with van der Waals surface area (Å²) in [5.41, 5.74) is 10.3. The average molecular weight is 507 g/mol. The maximum Gasteiger partial charge on any atom is 0.269 e. The highest BCUT2D eigenvalue weighted by Gasteiger charge is 2.27. The van der Waals surface area contributed by atoms with E-state index in [0.717, 1.165) is 38.6 Å². The zero-order valence-electron chi connectivity index (χ0n) is 22.2. The molecule has 0 saturated carbocycles. The molecular formula is C27H42BN7O2. The largest absolute Gasteiger partial charge is 0.405 e. The predicted molar refractivity (Wildman–Crippen MR) is 147 cm³/mol. The molecule has 0 aromatic heterocycles. The maximum absolute atomic E-state index is 13.0. The highest BCUT2D eigenvalue weighted by molar-refractivity contribution is 6.36. The molecule has 3 saturated heterocycles. The molecule has 3 aliphatic heterocycles. The number of hydrazine groups is 1. The van der Waals surface area contributed by atoms with Crippen molar-refractivity contribution in [2.24, 2.45) is 11.7 Å². The number of hydrogen-bond donors (Lipinski definition) is 3. The average Bonchev–Trinajstić information content (AvgIpc) is 2.94. The standard InChI is InChI=1S/C27H42BN7O2/c1-32-10-6-22(7-11-32)20-34-14-12-33(13-15-34)19-21-2-4-23(5-3-21)27(36)31-35(26(30)25(28)18-29)24-8-16-37-17-9-24/h2-5,18,22,24,30H,6-17,19-20,29H2,1H3,(H,31,36). The molecule has 1 aromatic carbocycles. The summed E-state index contributed by atoms with van der Waals surface area (Å²) in [4.78, 5) is 20.6. The van der Waals surface area contributed by atoms with Crippen LogP contribution in [0, 0.1) is 11.3 Å². The summed E-state index contributed by atoms with van der Waals surface area (Å²) < 4.78 is 5.44. The number of nitrogens with zero attached hydrogens (tertiary/aromatic N) is 4. The predicted octanol–water partition coefficient (Wildman–Crippen LogP) is 1.22. The second-order valence-corrected chi connectivity index (χ2v) is 10.6. The molecule has 1 amide bonds. The molecule has 0 aliphatic carbocycles. The van der Waals surface area contributed by atoms with Crippen LogP contribution in [0.25, 0.3) is 0 Å². The third-order valence-corrected chi connectivity index (χ3v) is 7.91. The molecular weight excluding hydrogens is 465 g/mol. The fourth-order valence-corrected chi connectivity index (χ4v) is 5.42. The van der Waals surface area contributed by atoms with Gasteiger partial charge in [0.25, 0.3) is 5.91 Å². The Morgan fingerprint density at radius 1 is 1.08 bits per heavy atom. The summed E-state index contributed by atoms with van der Waals surface area (Å²) in [6.07, 6.45) is 5.23. The number of amidine groups is 1. The van der Waals surface area contributed by atoms with E-state index >= 15 is 0 Å². The van der Waals surface area contributed by atoms with Gasteiger partial charge in [0.15, 0.2) is 0 Å². The number of carbonyl (C=O) groups is 1. The molecule has 4 rings (SSSR count). The minimum atomic E-state index is -0.268. The van der Waals surface area contributed by atoms with E-state index in [4.69, 9.17) is 23.7 Å². The van der Waals surface area contributed by atoms with Crippen molar-refractivity contribution in [3.05, 3.63) is 47.1 Å². The molecule has 3 fully saturated rings. The van der Waals surface area contributed by atoms with Crippen molar-refractivity contribution in [2.45, 2.75) is 38.3 Å². The molecule has 9 nitrogen and oxygen atoms in total. The van der Waals surface area contributed by atoms with Crippen molar-refractivity contribution in [3.63, 3.8) is 0 Å². The second kappa shape index (κ2) is 13.4. The van der Waals surface area contributed by atoms with E-state index in [1.165, 1.54) is 49.2 Å². The molecule has 0 unspecified atom stereocenters. The minimum absolute atomic E-state index is 0.00525. The molecule has 10 heteroatoms. The van der Waals surface area contributed by atoms with Crippen molar-refractivity contribution in [1.29, 1.82) is 5.41 Å². The third-order valence-electron chi connectivity index (χ3n) is 7.91. The van der Waals surface area contributed by atoms with Gasteiger partial charge in [-0.25, -0.2) is 0 Å². The zero-order valence-corrected chi connectivity index (χ0v) is 22.2. The van der Waals surface area contributed by atoms with Gasteiger partial charge in [-0.2, -0.15) is 0 Å². The van der Waals surface area contributed by atoms with Gasteiger partial charge in [0.2, 0.25) is 0 Å². The Balaban J connectivity index is 1.26. The Hall–Kier alpha value is -2.40. The van der Waals surface area contributed by atoms with E-state index < -0.39 is 0 Å². The second-order valence-electron chi connectivity index (χ2n) is 10.6. The molecule has 0 spiro atoms. The van der Waals surface area contributed by atoms with Gasteiger partial charge >= 0.3 is 0 Å². The van der Waals surface area contributed by atoms with Crippen LogP contribution in [0.5, 0.6) is 0 Å². The first-order valence-electron chi connectivity index (χ1n) is 13.6. The number of nitrogens with two attached hydrogens (primary N) is 1. The summed E-state index contributed by atoms with van der Waals surface area (Å²) in [7, 11) is 8.11. The number of piperazine rings is 1. The lowest BCUT2D eigenvalue weighted by atomic mass is 9.94. The lowest BCUT2D eigenvalue weighted by Crippen LogP contribution is -2.54. The van der Waals surface area contributed by atoms with Gasteiger partial charge in [-0.15, -0.1) is 0 Å². The molecule has 3 heterocycles. The molecule has 0 bridgehead atoms. The van der Waals surface area contributed by atoms with Crippen LogP contribution < -0.4 is 11.2 Å². The smallest absolute Gasteiger partial charge is 0.269 e. The van der Waals surface area contributed by atoms with Crippen LogP contribution in [0.4, 0.5) is 0 Å². The molecule has 1 aromatic rings. The lowest BCUT2D eigenvalue weighted by molar-refractivity contribution is 0.0392. The van der Waals surface area contributed by atoms with Crippen LogP contribution in [-0.4, -0.2) is 111 Å². The SMILES string of the molecule is [B]C(=CN)C(=N)N(NC(=O)c1ccc(CN2CCN(CC3CCN(C)CC3)CC2)cc1)C1CCOCC1. The van der Waals surface area contributed by atoms with Crippen molar-refractivity contribution >= 4 is 19.6 Å². The number of benzene rings is 1. The number of hydrogen-bond acceptors (Lipinski definition) is 7. The molecule has 2 radical (unpaired) electrons. The van der Waals surface area contributed by atoms with Crippen molar-refractivity contribution in [2.75, 3.05) is 66.1 Å². The van der Waals surface area contributed by atoms with E-state index in [2.05, 4.69) is 27.2 Å². The van der Waals surface area contributed by atoms with Gasteiger partial charge in [0, 0.05) is 58.0 Å². The van der Waals surface area contributed by atoms with Crippen LogP contribution in [-0.2, 0) is 11.3 Å². The van der Waals surface area contributed by atoms with Gasteiger partial charge in [-0.1, -0.05) is 12.1 Å². The topological polar surface area (TPSA) is 101 Å². The summed E-state index contributed by atoms with van der Waals surface area (Å²) >= 11 is 0. The number of likely N-dealkylation sites (tertiary alicyclic amines) is 1. The Bertz CT molecular complexity index is 919. The van der Waals surface area contributed by atoms with Crippen molar-refractivity contribution in [1.82, 2.24) is 25.1 Å². The molecule has 200 valence electrons. The fraction of sp³-hybridized carbons (Fsp3) is 0.630. The Kier molecular flexibility index (Phi) is 10.0. The van der Waals surface area contributed by atoms with Crippen LogP contribution >= 0.6 is 0 Å². The number of carbonyl (C=O) groups excluding carboxylic acids is 1. The quantitative estimate of drug-likeness (QED) is 0.221. The number of ether oxygens (including phenoxy) is 1. The monoisotopic (exact) mass is 507 g/mol. The minimum Gasteiger partial charge on any atom is -0.405 e. The van der Waals surface area contributed by atoms with Crippen LogP contribution in [0.2, 0.25) is 0 Å².